The van der Waals surface area contributed by atoms with Crippen LogP contribution in [0.3, 0.4) is 0 Å². The molecule has 0 saturated heterocycles. The van der Waals surface area contributed by atoms with E-state index in [1.807, 2.05) is 23.5 Å². The average Bonchev–Trinajstić information content (AvgIpc) is 3.26. The van der Waals surface area contributed by atoms with Crippen LogP contribution in [0.2, 0.25) is 5.02 Å². The van der Waals surface area contributed by atoms with Gasteiger partial charge in [0.15, 0.2) is 0 Å². The Bertz CT molecular complexity index is 708. The van der Waals surface area contributed by atoms with Crippen LogP contribution in [0.15, 0.2) is 35.7 Å². The summed E-state index contributed by atoms with van der Waals surface area (Å²) < 4.78 is 0. The van der Waals surface area contributed by atoms with E-state index in [4.69, 9.17) is 11.6 Å². The van der Waals surface area contributed by atoms with Gasteiger partial charge in [-0.3, -0.25) is 9.69 Å². The summed E-state index contributed by atoms with van der Waals surface area (Å²) in [6.07, 6.45) is 3.63. The predicted molar refractivity (Wildman–Crippen MR) is 95.1 cm³/mol. The van der Waals surface area contributed by atoms with Gasteiger partial charge in [0.1, 0.15) is 0 Å². The Morgan fingerprint density at radius 1 is 1.26 bits per heavy atom. The summed E-state index contributed by atoms with van der Waals surface area (Å²) in [7, 11) is 0. The van der Waals surface area contributed by atoms with Gasteiger partial charge >= 0.3 is 0 Å². The fourth-order valence-corrected chi connectivity index (χ4v) is 4.50. The molecule has 1 aromatic carbocycles. The molecule has 1 N–H and O–H groups in total. The number of nitrogens with zero attached hydrogens (tertiary/aromatic N) is 1. The van der Waals surface area contributed by atoms with Crippen molar-refractivity contribution in [3.05, 3.63) is 51.2 Å². The van der Waals surface area contributed by atoms with Gasteiger partial charge < -0.3 is 5.32 Å². The smallest absolute Gasteiger partial charge is 0.238 e. The number of thiophene rings is 1. The third-order valence-electron chi connectivity index (χ3n) is 4.66. The van der Waals surface area contributed by atoms with Crippen LogP contribution in [0, 0.1) is 5.92 Å². The van der Waals surface area contributed by atoms with E-state index in [2.05, 4.69) is 21.7 Å². The Morgan fingerprint density at radius 2 is 2.04 bits per heavy atom. The molecule has 3 nitrogen and oxygen atoms in total. The molecule has 120 valence electrons. The summed E-state index contributed by atoms with van der Waals surface area (Å²) in [5.41, 5.74) is 2.26. The van der Waals surface area contributed by atoms with Crippen molar-refractivity contribution in [1.82, 2.24) is 4.90 Å². The zero-order valence-corrected chi connectivity index (χ0v) is 14.4. The maximum atomic E-state index is 12.4. The molecule has 1 aliphatic carbocycles. The van der Waals surface area contributed by atoms with Crippen molar-refractivity contribution in [2.24, 2.45) is 5.92 Å². The normalized spacial score (nSPS) is 21.0. The Hall–Kier alpha value is -1.36. The largest absolute Gasteiger partial charge is 0.325 e. The lowest BCUT2D eigenvalue weighted by molar-refractivity contribution is -0.118. The molecule has 1 fully saturated rings. The molecule has 2 aromatic rings. The van der Waals surface area contributed by atoms with Gasteiger partial charge in [0.2, 0.25) is 5.91 Å². The van der Waals surface area contributed by atoms with E-state index in [0.29, 0.717) is 17.6 Å². The molecule has 0 radical (unpaired) electrons. The van der Waals surface area contributed by atoms with Crippen LogP contribution >= 0.6 is 22.9 Å². The van der Waals surface area contributed by atoms with Crippen molar-refractivity contribution < 1.29 is 4.79 Å². The molecular formula is C18H19ClN2OS. The quantitative estimate of drug-likeness (QED) is 0.892. The third kappa shape index (κ3) is 3.30. The molecule has 1 aromatic heterocycles. The second kappa shape index (κ2) is 6.27. The molecule has 1 atom stereocenters. The molecule has 1 saturated carbocycles. The first-order valence-electron chi connectivity index (χ1n) is 8.06. The molecule has 1 amide bonds. The maximum Gasteiger partial charge on any atom is 0.238 e. The van der Waals surface area contributed by atoms with Crippen LogP contribution < -0.4 is 5.32 Å². The van der Waals surface area contributed by atoms with Crippen molar-refractivity contribution in [3.63, 3.8) is 0 Å². The molecule has 0 unspecified atom stereocenters. The first-order chi connectivity index (χ1) is 11.2. The summed E-state index contributed by atoms with van der Waals surface area (Å²) in [5, 5.41) is 5.85. The summed E-state index contributed by atoms with van der Waals surface area (Å²) >= 11 is 7.74. The van der Waals surface area contributed by atoms with Crippen molar-refractivity contribution in [3.8, 4) is 0 Å². The molecular weight excluding hydrogens is 328 g/mol. The van der Waals surface area contributed by atoms with Crippen LogP contribution in [0.5, 0.6) is 0 Å². The lowest BCUT2D eigenvalue weighted by Gasteiger charge is -2.35. The number of rotatable bonds is 4. The van der Waals surface area contributed by atoms with E-state index in [-0.39, 0.29) is 5.91 Å². The van der Waals surface area contributed by atoms with Gasteiger partial charge in [-0.05, 0) is 66.5 Å². The molecule has 23 heavy (non-hydrogen) atoms. The van der Waals surface area contributed by atoms with E-state index in [0.717, 1.165) is 24.6 Å². The highest BCUT2D eigenvalue weighted by atomic mass is 35.5. The highest BCUT2D eigenvalue weighted by Gasteiger charge is 2.40. The van der Waals surface area contributed by atoms with E-state index in [1.54, 1.807) is 12.1 Å². The van der Waals surface area contributed by atoms with Crippen LogP contribution in [-0.2, 0) is 11.2 Å². The zero-order valence-electron chi connectivity index (χ0n) is 12.8. The number of anilines is 1. The summed E-state index contributed by atoms with van der Waals surface area (Å²) in [4.78, 5) is 16.3. The highest BCUT2D eigenvalue weighted by molar-refractivity contribution is 7.10. The predicted octanol–water partition coefficient (Wildman–Crippen LogP) is 4.35. The standard InChI is InChI=1S/C18H19ClN2OS/c19-13-3-5-14(6-4-13)20-17(22)11-21-9-7-16-15(8-10-23-16)18(21)12-1-2-12/h3-6,8,10,12,18H,1-2,7,9,11H2,(H,20,22)/t18-/m0/s1. The summed E-state index contributed by atoms with van der Waals surface area (Å²) in [6.45, 7) is 1.43. The fraction of sp³-hybridized carbons (Fsp3) is 0.389. The summed E-state index contributed by atoms with van der Waals surface area (Å²) in [5.74, 6) is 0.781. The van der Waals surface area contributed by atoms with Crippen LogP contribution in [0.4, 0.5) is 5.69 Å². The molecule has 0 bridgehead atoms. The Kier molecular flexibility index (Phi) is 4.14. The topological polar surface area (TPSA) is 32.3 Å². The van der Waals surface area contributed by atoms with Gasteiger partial charge in [0.05, 0.1) is 6.54 Å². The number of benzene rings is 1. The van der Waals surface area contributed by atoms with Gasteiger partial charge in [0.25, 0.3) is 0 Å². The summed E-state index contributed by atoms with van der Waals surface area (Å²) in [6, 6.07) is 9.95. The molecule has 2 aliphatic rings. The maximum absolute atomic E-state index is 12.4. The van der Waals surface area contributed by atoms with E-state index >= 15 is 0 Å². The Morgan fingerprint density at radius 3 is 2.78 bits per heavy atom. The van der Waals surface area contributed by atoms with E-state index in [1.165, 1.54) is 23.3 Å². The van der Waals surface area contributed by atoms with Gasteiger partial charge in [-0.25, -0.2) is 0 Å². The van der Waals surface area contributed by atoms with E-state index < -0.39 is 0 Å². The SMILES string of the molecule is O=C(CN1CCc2sccc2[C@@H]1C1CC1)Nc1ccc(Cl)cc1. The number of hydrogen-bond donors (Lipinski definition) is 1. The van der Waals surface area contributed by atoms with Crippen molar-refractivity contribution in [2.45, 2.75) is 25.3 Å². The number of amides is 1. The molecule has 2 heterocycles. The van der Waals surface area contributed by atoms with Gasteiger partial charge in [-0.1, -0.05) is 11.6 Å². The van der Waals surface area contributed by atoms with Gasteiger partial charge in [-0.2, -0.15) is 0 Å². The van der Waals surface area contributed by atoms with Crippen LogP contribution in [-0.4, -0.2) is 23.9 Å². The lowest BCUT2D eigenvalue weighted by Crippen LogP contribution is -2.41. The minimum Gasteiger partial charge on any atom is -0.325 e. The van der Waals surface area contributed by atoms with Crippen molar-refractivity contribution in [1.29, 1.82) is 0 Å². The van der Waals surface area contributed by atoms with Gasteiger partial charge in [0, 0.05) is 28.2 Å². The van der Waals surface area contributed by atoms with Crippen LogP contribution in [0.1, 0.15) is 29.3 Å². The molecule has 1 aliphatic heterocycles. The second-order valence-corrected chi connectivity index (χ2v) is 7.79. The molecule has 0 spiro atoms. The Balaban J connectivity index is 1.45. The number of carbonyl (C=O) groups excluding carboxylic acids is 1. The van der Waals surface area contributed by atoms with Gasteiger partial charge in [-0.15, -0.1) is 11.3 Å². The van der Waals surface area contributed by atoms with Crippen molar-refractivity contribution >= 4 is 34.5 Å². The second-order valence-electron chi connectivity index (χ2n) is 6.36. The number of hydrogen-bond acceptors (Lipinski definition) is 3. The first kappa shape index (κ1) is 15.2. The average molecular weight is 347 g/mol. The fourth-order valence-electron chi connectivity index (χ4n) is 3.46. The molecule has 5 heteroatoms. The van der Waals surface area contributed by atoms with E-state index in [9.17, 15) is 4.79 Å². The van der Waals surface area contributed by atoms with Crippen molar-refractivity contribution in [2.75, 3.05) is 18.4 Å². The number of nitrogens with one attached hydrogen (secondary N) is 1. The third-order valence-corrected chi connectivity index (χ3v) is 5.91. The van der Waals surface area contributed by atoms with Crippen LogP contribution in [0.25, 0.3) is 0 Å². The first-order valence-corrected chi connectivity index (χ1v) is 9.32. The monoisotopic (exact) mass is 346 g/mol. The molecule has 4 rings (SSSR count). The Labute approximate surface area is 145 Å². The number of fused-ring (bicyclic) bond motifs is 1. The highest BCUT2D eigenvalue weighted by Crippen LogP contribution is 2.48. The lowest BCUT2D eigenvalue weighted by atomic mass is 9.96. The minimum atomic E-state index is 0.0525. The number of halogens is 1. The minimum absolute atomic E-state index is 0.0525. The zero-order chi connectivity index (χ0) is 15.8. The number of carbonyl (C=O) groups is 1.